The summed E-state index contributed by atoms with van der Waals surface area (Å²) in [6, 6.07) is 13.2. The Balaban J connectivity index is 1.43. The van der Waals surface area contributed by atoms with E-state index in [0.29, 0.717) is 45.3 Å². The molecule has 1 aromatic carbocycles. The van der Waals surface area contributed by atoms with Crippen molar-refractivity contribution in [1.82, 2.24) is 15.1 Å². The third kappa shape index (κ3) is 4.74. The topological polar surface area (TPSA) is 79.0 Å². The maximum Gasteiger partial charge on any atom is 0.325 e. The van der Waals surface area contributed by atoms with Crippen LogP contribution in [0.25, 0.3) is 0 Å². The van der Waals surface area contributed by atoms with Crippen LogP contribution in [0.5, 0.6) is 0 Å². The van der Waals surface area contributed by atoms with E-state index in [-0.39, 0.29) is 23.8 Å². The number of piperidine rings is 1. The van der Waals surface area contributed by atoms with Gasteiger partial charge in [-0.2, -0.15) is 0 Å². The molecule has 2 unspecified atom stereocenters. The number of nitrogens with zero attached hydrogens (tertiary/aromatic N) is 2. The molecule has 182 valence electrons. The zero-order chi connectivity index (χ0) is 24.1. The first-order chi connectivity index (χ1) is 16.5. The standard InChI is InChI=1S/C26H33N3O4S/c1-3-14-26(24(31)29(25(32)27-26)17-13-21-10-7-18-34-21)20-11-15-28(16-12-20)23(30)22(33-2)19-8-5-4-6-9-19/h4-10,18,20,22H,3,11-17H2,1-2H3,(H,27,32). The van der Waals surface area contributed by atoms with E-state index in [1.54, 1.807) is 18.4 Å². The van der Waals surface area contributed by atoms with Crippen molar-refractivity contribution < 1.29 is 19.1 Å². The molecule has 2 aromatic rings. The molecular weight excluding hydrogens is 450 g/mol. The van der Waals surface area contributed by atoms with Crippen molar-refractivity contribution in [2.45, 2.75) is 50.7 Å². The van der Waals surface area contributed by atoms with E-state index in [2.05, 4.69) is 5.32 Å². The molecule has 34 heavy (non-hydrogen) atoms. The van der Waals surface area contributed by atoms with Gasteiger partial charge in [0.05, 0.1) is 0 Å². The molecule has 1 N–H and O–H groups in total. The molecule has 0 radical (unpaired) electrons. The highest BCUT2D eigenvalue weighted by Crippen LogP contribution is 2.38. The highest BCUT2D eigenvalue weighted by Gasteiger charge is 2.55. The van der Waals surface area contributed by atoms with E-state index in [1.807, 2.05) is 59.7 Å². The number of ether oxygens (including phenoxy) is 1. The number of methoxy groups -OCH3 is 1. The van der Waals surface area contributed by atoms with Gasteiger partial charge in [0.15, 0.2) is 6.10 Å². The largest absolute Gasteiger partial charge is 0.367 e. The number of imide groups is 1. The molecule has 0 spiro atoms. The van der Waals surface area contributed by atoms with Gasteiger partial charge in [0.2, 0.25) is 0 Å². The molecule has 0 bridgehead atoms. The average molecular weight is 484 g/mol. The van der Waals surface area contributed by atoms with Gasteiger partial charge >= 0.3 is 6.03 Å². The van der Waals surface area contributed by atoms with Crippen molar-refractivity contribution in [1.29, 1.82) is 0 Å². The molecule has 7 nitrogen and oxygen atoms in total. The lowest BCUT2D eigenvalue weighted by Gasteiger charge is -2.41. The highest BCUT2D eigenvalue weighted by atomic mass is 32.1. The normalized spacial score (nSPS) is 22.2. The second-order valence-corrected chi connectivity index (χ2v) is 10.1. The van der Waals surface area contributed by atoms with Gasteiger partial charge in [-0.3, -0.25) is 14.5 Å². The summed E-state index contributed by atoms with van der Waals surface area (Å²) in [4.78, 5) is 44.0. The van der Waals surface area contributed by atoms with Gasteiger partial charge in [-0.05, 0) is 48.6 Å². The molecule has 2 aliphatic heterocycles. The van der Waals surface area contributed by atoms with E-state index in [1.165, 1.54) is 4.90 Å². The lowest BCUT2D eigenvalue weighted by molar-refractivity contribution is -0.144. The van der Waals surface area contributed by atoms with Gasteiger partial charge in [-0.1, -0.05) is 49.7 Å². The molecule has 0 saturated carbocycles. The number of amides is 4. The van der Waals surface area contributed by atoms with Gasteiger partial charge in [0, 0.05) is 31.6 Å². The summed E-state index contributed by atoms with van der Waals surface area (Å²) in [7, 11) is 1.55. The van der Waals surface area contributed by atoms with Crippen LogP contribution in [0, 0.1) is 5.92 Å². The van der Waals surface area contributed by atoms with E-state index < -0.39 is 11.6 Å². The number of hydrogen-bond donors (Lipinski definition) is 1. The van der Waals surface area contributed by atoms with Crippen molar-refractivity contribution >= 4 is 29.2 Å². The Morgan fingerprint density at radius 2 is 1.91 bits per heavy atom. The quantitative estimate of drug-likeness (QED) is 0.547. The van der Waals surface area contributed by atoms with Crippen molar-refractivity contribution in [3.8, 4) is 0 Å². The third-order valence-electron chi connectivity index (χ3n) is 7.07. The Bertz CT molecular complexity index is 989. The van der Waals surface area contributed by atoms with Crippen molar-refractivity contribution in [2.75, 3.05) is 26.7 Å². The fraction of sp³-hybridized carbons (Fsp3) is 0.500. The fourth-order valence-corrected chi connectivity index (χ4v) is 6.03. The smallest absolute Gasteiger partial charge is 0.325 e. The molecule has 0 aliphatic carbocycles. The first-order valence-corrected chi connectivity index (χ1v) is 12.9. The van der Waals surface area contributed by atoms with Crippen LogP contribution in [0.1, 0.15) is 49.2 Å². The van der Waals surface area contributed by atoms with E-state index in [9.17, 15) is 14.4 Å². The minimum absolute atomic E-state index is 0.00240. The summed E-state index contributed by atoms with van der Waals surface area (Å²) >= 11 is 1.63. The first kappa shape index (κ1) is 24.4. The Hall–Kier alpha value is -2.71. The van der Waals surface area contributed by atoms with Crippen LogP contribution in [0.15, 0.2) is 47.8 Å². The number of carbonyl (C=O) groups excluding carboxylic acids is 3. The van der Waals surface area contributed by atoms with Crippen LogP contribution >= 0.6 is 11.3 Å². The molecule has 2 aliphatic rings. The zero-order valence-corrected chi connectivity index (χ0v) is 20.7. The number of carbonyl (C=O) groups is 3. The van der Waals surface area contributed by atoms with Gasteiger partial charge in [0.25, 0.3) is 11.8 Å². The van der Waals surface area contributed by atoms with Gasteiger partial charge in [-0.15, -0.1) is 11.3 Å². The second-order valence-electron chi connectivity index (χ2n) is 9.06. The van der Waals surface area contributed by atoms with Gasteiger partial charge in [-0.25, -0.2) is 4.79 Å². The minimum Gasteiger partial charge on any atom is -0.367 e. The zero-order valence-electron chi connectivity index (χ0n) is 19.9. The molecule has 2 atom stereocenters. The number of thiophene rings is 1. The van der Waals surface area contributed by atoms with E-state index >= 15 is 0 Å². The Morgan fingerprint density at radius 1 is 1.18 bits per heavy atom. The third-order valence-corrected chi connectivity index (χ3v) is 8.01. The molecular formula is C26H33N3O4S. The predicted octanol–water partition coefficient (Wildman–Crippen LogP) is 4.01. The second kappa shape index (κ2) is 10.7. The first-order valence-electron chi connectivity index (χ1n) is 12.0. The molecule has 2 saturated heterocycles. The van der Waals surface area contributed by atoms with Crippen molar-refractivity contribution in [3.05, 3.63) is 58.3 Å². The maximum atomic E-state index is 13.6. The number of nitrogens with one attached hydrogen (secondary N) is 1. The summed E-state index contributed by atoms with van der Waals surface area (Å²) in [6.45, 7) is 3.51. The molecule has 1 aromatic heterocycles. The average Bonchev–Trinajstić information content (AvgIpc) is 3.46. The number of hydrogen-bond acceptors (Lipinski definition) is 5. The van der Waals surface area contributed by atoms with Crippen LogP contribution in [0.4, 0.5) is 4.79 Å². The summed E-state index contributed by atoms with van der Waals surface area (Å²) in [5.41, 5.74) is -0.0459. The fourth-order valence-electron chi connectivity index (χ4n) is 5.34. The van der Waals surface area contributed by atoms with Crippen molar-refractivity contribution in [3.63, 3.8) is 0 Å². The van der Waals surface area contributed by atoms with Gasteiger partial charge < -0.3 is 15.0 Å². The lowest BCUT2D eigenvalue weighted by Crippen LogP contribution is -2.56. The Morgan fingerprint density at radius 3 is 2.53 bits per heavy atom. The lowest BCUT2D eigenvalue weighted by atomic mass is 9.74. The van der Waals surface area contributed by atoms with E-state index in [0.717, 1.165) is 16.9 Å². The molecule has 3 heterocycles. The molecule has 4 amide bonds. The van der Waals surface area contributed by atoms with Crippen molar-refractivity contribution in [2.24, 2.45) is 5.92 Å². The number of likely N-dealkylation sites (tertiary alicyclic amines) is 1. The Kier molecular flexibility index (Phi) is 7.68. The van der Waals surface area contributed by atoms with E-state index in [4.69, 9.17) is 4.74 Å². The van der Waals surface area contributed by atoms with Crippen LogP contribution < -0.4 is 5.32 Å². The molecule has 4 rings (SSSR count). The number of rotatable bonds is 9. The summed E-state index contributed by atoms with van der Waals surface area (Å²) < 4.78 is 5.53. The SMILES string of the molecule is CCCC1(C2CCN(C(=O)C(OC)c3ccccc3)CC2)NC(=O)N(CCc2cccs2)C1=O. The maximum absolute atomic E-state index is 13.6. The summed E-state index contributed by atoms with van der Waals surface area (Å²) in [5.74, 6) is -0.173. The Labute approximate surface area is 205 Å². The molecule has 8 heteroatoms. The predicted molar refractivity (Wildman–Crippen MR) is 131 cm³/mol. The monoisotopic (exact) mass is 483 g/mol. The van der Waals surface area contributed by atoms with Crippen LogP contribution in [0.2, 0.25) is 0 Å². The summed E-state index contributed by atoms with van der Waals surface area (Å²) in [5, 5.41) is 5.09. The van der Waals surface area contributed by atoms with Gasteiger partial charge in [0.1, 0.15) is 5.54 Å². The van der Waals surface area contributed by atoms with Crippen LogP contribution in [0.3, 0.4) is 0 Å². The number of benzene rings is 1. The number of urea groups is 1. The van der Waals surface area contributed by atoms with Crippen LogP contribution in [-0.4, -0.2) is 59.9 Å². The molecule has 2 fully saturated rings. The highest BCUT2D eigenvalue weighted by molar-refractivity contribution is 7.09. The summed E-state index contributed by atoms with van der Waals surface area (Å²) in [6.07, 6.45) is 2.77. The minimum atomic E-state index is -0.878. The van der Waals surface area contributed by atoms with Crippen LogP contribution in [-0.2, 0) is 20.7 Å².